The average molecular weight is 118 g/mol. The molecule has 0 radical (unpaired) electrons. The molecule has 0 amide bonds. The summed E-state index contributed by atoms with van der Waals surface area (Å²) in [5.41, 5.74) is 0. The van der Waals surface area contributed by atoms with Gasteiger partial charge in [-0.1, -0.05) is 0 Å². The van der Waals surface area contributed by atoms with Gasteiger partial charge in [-0.3, -0.25) is 0 Å². The molecule has 0 aromatic heterocycles. The molecule has 2 atom stereocenters. The molecule has 48 valence electrons. The maximum Gasteiger partial charge on any atom is 0.103 e. The topological polar surface area (TPSA) is 49.7 Å². The lowest BCUT2D eigenvalue weighted by Gasteiger charge is -2.22. The first-order valence-corrected chi connectivity index (χ1v) is 2.74. The van der Waals surface area contributed by atoms with E-state index in [0.29, 0.717) is 13.0 Å². The van der Waals surface area contributed by atoms with Crippen LogP contribution in [0, 0.1) is 0 Å². The summed E-state index contributed by atoms with van der Waals surface area (Å²) < 4.78 is 4.84. The Labute approximate surface area is 47.9 Å². The van der Waals surface area contributed by atoms with Gasteiger partial charge < -0.3 is 14.9 Å². The largest absolute Gasteiger partial charge is 0.390 e. The zero-order valence-electron chi connectivity index (χ0n) is 4.58. The van der Waals surface area contributed by atoms with Gasteiger partial charge in [-0.15, -0.1) is 0 Å². The summed E-state index contributed by atoms with van der Waals surface area (Å²) in [5.74, 6) is 0. The molecule has 1 heterocycles. The van der Waals surface area contributed by atoms with Crippen molar-refractivity contribution in [2.45, 2.75) is 18.6 Å². The smallest absolute Gasteiger partial charge is 0.103 e. The Morgan fingerprint density at radius 1 is 1.25 bits per heavy atom. The zero-order chi connectivity index (χ0) is 5.98. The normalized spacial score (nSPS) is 39.8. The van der Waals surface area contributed by atoms with Crippen LogP contribution in [-0.2, 0) is 4.74 Å². The first-order chi connectivity index (χ1) is 3.80. The van der Waals surface area contributed by atoms with Crippen LogP contribution < -0.4 is 0 Å². The Kier molecular flexibility index (Phi) is 1.83. The average Bonchev–Trinajstić information content (AvgIpc) is 1.77. The van der Waals surface area contributed by atoms with Gasteiger partial charge >= 0.3 is 0 Å². The SMILES string of the molecule is O[C@H]1CCOC[C@@H]1O. The second-order valence-corrected chi connectivity index (χ2v) is 2.00. The Hall–Kier alpha value is -0.120. The lowest BCUT2D eigenvalue weighted by molar-refractivity contribution is -0.0852. The van der Waals surface area contributed by atoms with E-state index >= 15 is 0 Å². The molecule has 0 saturated carbocycles. The minimum absolute atomic E-state index is 0.279. The summed E-state index contributed by atoms with van der Waals surface area (Å²) in [6, 6.07) is 0. The van der Waals surface area contributed by atoms with E-state index in [1.807, 2.05) is 0 Å². The standard InChI is InChI=1S/C5H10O3/c6-4-1-2-8-3-5(4)7/h4-7H,1-3H2/t4-,5-/m0/s1. The molecule has 0 aromatic rings. The van der Waals surface area contributed by atoms with Gasteiger partial charge in [0.05, 0.1) is 12.7 Å². The number of ether oxygens (including phenoxy) is 1. The molecule has 1 aliphatic rings. The molecular weight excluding hydrogens is 108 g/mol. The fraction of sp³-hybridized carbons (Fsp3) is 1.00. The molecule has 0 bridgehead atoms. The molecule has 0 unspecified atom stereocenters. The molecule has 1 saturated heterocycles. The van der Waals surface area contributed by atoms with E-state index in [-0.39, 0.29) is 6.61 Å². The van der Waals surface area contributed by atoms with Crippen LogP contribution in [0.1, 0.15) is 6.42 Å². The molecule has 2 N–H and O–H groups in total. The third-order valence-corrected chi connectivity index (χ3v) is 1.29. The first kappa shape index (κ1) is 6.01. The van der Waals surface area contributed by atoms with Crippen LogP contribution in [-0.4, -0.2) is 35.6 Å². The van der Waals surface area contributed by atoms with Crippen molar-refractivity contribution in [1.82, 2.24) is 0 Å². The van der Waals surface area contributed by atoms with Crippen molar-refractivity contribution in [2.24, 2.45) is 0 Å². The quantitative estimate of drug-likeness (QED) is 0.434. The number of rotatable bonds is 0. The third-order valence-electron chi connectivity index (χ3n) is 1.29. The Morgan fingerprint density at radius 3 is 2.38 bits per heavy atom. The highest BCUT2D eigenvalue weighted by Crippen LogP contribution is 2.05. The molecule has 0 aromatic carbocycles. The van der Waals surface area contributed by atoms with Gasteiger partial charge in [0.1, 0.15) is 6.10 Å². The van der Waals surface area contributed by atoms with Crippen molar-refractivity contribution < 1.29 is 14.9 Å². The Balaban J connectivity index is 2.28. The lowest BCUT2D eigenvalue weighted by atomic mass is 10.1. The highest BCUT2D eigenvalue weighted by molar-refractivity contribution is 4.69. The first-order valence-electron chi connectivity index (χ1n) is 2.74. The molecular formula is C5H10O3. The van der Waals surface area contributed by atoms with Crippen molar-refractivity contribution in [3.05, 3.63) is 0 Å². The number of hydrogen-bond acceptors (Lipinski definition) is 3. The Bertz CT molecular complexity index is 64.1. The van der Waals surface area contributed by atoms with Crippen LogP contribution in [0.5, 0.6) is 0 Å². The van der Waals surface area contributed by atoms with E-state index < -0.39 is 12.2 Å². The summed E-state index contributed by atoms with van der Waals surface area (Å²) >= 11 is 0. The van der Waals surface area contributed by atoms with Crippen molar-refractivity contribution >= 4 is 0 Å². The number of aliphatic hydroxyl groups excluding tert-OH is 2. The van der Waals surface area contributed by atoms with Crippen molar-refractivity contribution in [2.75, 3.05) is 13.2 Å². The van der Waals surface area contributed by atoms with Gasteiger partial charge in [0.2, 0.25) is 0 Å². The molecule has 3 heteroatoms. The van der Waals surface area contributed by atoms with Crippen molar-refractivity contribution in [3.63, 3.8) is 0 Å². The molecule has 1 rings (SSSR count). The van der Waals surface area contributed by atoms with Crippen molar-refractivity contribution in [1.29, 1.82) is 0 Å². The predicted octanol–water partition coefficient (Wildman–Crippen LogP) is -0.872. The lowest BCUT2D eigenvalue weighted by Crippen LogP contribution is -2.36. The second-order valence-electron chi connectivity index (χ2n) is 2.00. The van der Waals surface area contributed by atoms with Gasteiger partial charge in [0.25, 0.3) is 0 Å². The van der Waals surface area contributed by atoms with Crippen LogP contribution >= 0.6 is 0 Å². The van der Waals surface area contributed by atoms with Crippen LogP contribution in [0.4, 0.5) is 0 Å². The van der Waals surface area contributed by atoms with Gasteiger partial charge in [-0.25, -0.2) is 0 Å². The molecule has 0 spiro atoms. The maximum absolute atomic E-state index is 8.85. The minimum Gasteiger partial charge on any atom is -0.390 e. The third kappa shape index (κ3) is 1.18. The summed E-state index contributed by atoms with van der Waals surface area (Å²) in [6.07, 6.45) is -0.672. The van der Waals surface area contributed by atoms with Crippen LogP contribution in [0.3, 0.4) is 0 Å². The fourth-order valence-corrected chi connectivity index (χ4v) is 0.712. The second kappa shape index (κ2) is 2.44. The number of hydrogen-bond donors (Lipinski definition) is 2. The monoisotopic (exact) mass is 118 g/mol. The fourth-order valence-electron chi connectivity index (χ4n) is 0.712. The van der Waals surface area contributed by atoms with Crippen molar-refractivity contribution in [3.8, 4) is 0 Å². The molecule has 3 nitrogen and oxygen atoms in total. The van der Waals surface area contributed by atoms with Crippen LogP contribution in [0.2, 0.25) is 0 Å². The highest BCUT2D eigenvalue weighted by Gasteiger charge is 2.20. The Morgan fingerprint density at radius 2 is 2.00 bits per heavy atom. The van der Waals surface area contributed by atoms with E-state index in [9.17, 15) is 0 Å². The maximum atomic E-state index is 8.85. The van der Waals surface area contributed by atoms with Crippen LogP contribution in [0.15, 0.2) is 0 Å². The van der Waals surface area contributed by atoms with Gasteiger partial charge in [0.15, 0.2) is 0 Å². The minimum atomic E-state index is -0.663. The molecule has 1 aliphatic heterocycles. The van der Waals surface area contributed by atoms with E-state index in [2.05, 4.69) is 0 Å². The van der Waals surface area contributed by atoms with Gasteiger partial charge in [0, 0.05) is 6.61 Å². The van der Waals surface area contributed by atoms with Gasteiger partial charge in [-0.2, -0.15) is 0 Å². The van der Waals surface area contributed by atoms with Crippen LogP contribution in [0.25, 0.3) is 0 Å². The zero-order valence-corrected chi connectivity index (χ0v) is 4.58. The highest BCUT2D eigenvalue weighted by atomic mass is 16.5. The van der Waals surface area contributed by atoms with Gasteiger partial charge in [-0.05, 0) is 6.42 Å². The molecule has 1 fully saturated rings. The summed E-state index contributed by atoms with van der Waals surface area (Å²) in [6.45, 7) is 0.847. The van der Waals surface area contributed by atoms with E-state index in [0.717, 1.165) is 0 Å². The summed E-state index contributed by atoms with van der Waals surface area (Å²) in [4.78, 5) is 0. The molecule has 8 heavy (non-hydrogen) atoms. The number of aliphatic hydroxyl groups is 2. The predicted molar refractivity (Wildman–Crippen MR) is 27.4 cm³/mol. The van der Waals surface area contributed by atoms with E-state index in [1.54, 1.807) is 0 Å². The molecule has 0 aliphatic carbocycles. The van der Waals surface area contributed by atoms with E-state index in [1.165, 1.54) is 0 Å². The summed E-state index contributed by atoms with van der Waals surface area (Å²) in [5, 5.41) is 17.7. The summed E-state index contributed by atoms with van der Waals surface area (Å²) in [7, 11) is 0. The van der Waals surface area contributed by atoms with E-state index in [4.69, 9.17) is 14.9 Å².